The fourth-order valence-corrected chi connectivity index (χ4v) is 2.58. The number of hydrogen-bond acceptors (Lipinski definition) is 3. The zero-order valence-corrected chi connectivity index (χ0v) is 11.6. The number of phenols is 1. The van der Waals surface area contributed by atoms with E-state index in [1.807, 2.05) is 19.9 Å². The molecular formula is C15H22N2O2. The van der Waals surface area contributed by atoms with Crippen LogP contribution in [0.5, 0.6) is 5.75 Å². The number of phenolic OH excluding ortho intramolecular Hbond substituents is 1. The van der Waals surface area contributed by atoms with Crippen molar-refractivity contribution >= 4 is 11.6 Å². The van der Waals surface area contributed by atoms with Crippen LogP contribution in [0.2, 0.25) is 0 Å². The van der Waals surface area contributed by atoms with E-state index in [0.29, 0.717) is 6.54 Å². The smallest absolute Gasteiger partial charge is 0.244 e. The Morgan fingerprint density at radius 2 is 2.26 bits per heavy atom. The lowest BCUT2D eigenvalue weighted by Gasteiger charge is -2.30. The summed E-state index contributed by atoms with van der Waals surface area (Å²) in [5.41, 5.74) is 1.81. The molecule has 104 valence electrons. The number of piperidine rings is 1. The number of nitrogens with one attached hydrogen (secondary N) is 1. The minimum absolute atomic E-state index is 0.0875. The Morgan fingerprint density at radius 3 is 2.89 bits per heavy atom. The summed E-state index contributed by atoms with van der Waals surface area (Å²) in [5.74, 6) is 0.305. The van der Waals surface area contributed by atoms with E-state index >= 15 is 0 Å². The molecule has 0 aromatic heterocycles. The number of amides is 1. The third-order valence-corrected chi connectivity index (χ3v) is 3.67. The van der Waals surface area contributed by atoms with Gasteiger partial charge in [0.05, 0.1) is 11.7 Å². The molecule has 0 aliphatic carbocycles. The van der Waals surface area contributed by atoms with Crippen LogP contribution in [0.15, 0.2) is 18.2 Å². The Labute approximate surface area is 114 Å². The van der Waals surface area contributed by atoms with Gasteiger partial charge in [-0.05, 0) is 44.9 Å². The number of aromatic hydroxyl groups is 1. The molecule has 1 aliphatic rings. The Hall–Kier alpha value is -1.55. The van der Waals surface area contributed by atoms with E-state index in [2.05, 4.69) is 5.32 Å². The van der Waals surface area contributed by atoms with Gasteiger partial charge in [-0.25, -0.2) is 0 Å². The van der Waals surface area contributed by atoms with E-state index in [4.69, 9.17) is 0 Å². The number of hydrogen-bond donors (Lipinski definition) is 2. The van der Waals surface area contributed by atoms with Gasteiger partial charge in [-0.3, -0.25) is 4.79 Å². The molecule has 1 fully saturated rings. The Bertz CT molecular complexity index is 453. The quantitative estimate of drug-likeness (QED) is 0.878. The summed E-state index contributed by atoms with van der Waals surface area (Å²) in [6.45, 7) is 5.44. The highest BCUT2D eigenvalue weighted by atomic mass is 16.3. The average molecular weight is 262 g/mol. The van der Waals surface area contributed by atoms with Gasteiger partial charge in [0.1, 0.15) is 5.75 Å². The van der Waals surface area contributed by atoms with Crippen molar-refractivity contribution in [3.8, 4) is 5.75 Å². The largest absolute Gasteiger partial charge is 0.508 e. The zero-order chi connectivity index (χ0) is 13.8. The fourth-order valence-electron chi connectivity index (χ4n) is 2.58. The summed E-state index contributed by atoms with van der Waals surface area (Å²) in [6.07, 6.45) is 3.13. The van der Waals surface area contributed by atoms with Crippen molar-refractivity contribution in [1.29, 1.82) is 0 Å². The fraction of sp³-hybridized carbons (Fsp3) is 0.533. The van der Waals surface area contributed by atoms with Crippen LogP contribution in [0.25, 0.3) is 0 Å². The predicted octanol–water partition coefficient (Wildman–Crippen LogP) is 2.20. The first-order valence-corrected chi connectivity index (χ1v) is 6.98. The number of carbonyl (C=O) groups excluding carboxylic acids is 1. The van der Waals surface area contributed by atoms with Gasteiger partial charge in [-0.15, -0.1) is 0 Å². The SMILES string of the molecule is CCN(C(=O)[C@@H]1CCCCN1)c1cc(O)ccc1C. The molecule has 1 aromatic carbocycles. The molecule has 4 nitrogen and oxygen atoms in total. The van der Waals surface area contributed by atoms with Crippen molar-refractivity contribution in [2.45, 2.75) is 39.2 Å². The molecule has 19 heavy (non-hydrogen) atoms. The van der Waals surface area contributed by atoms with Gasteiger partial charge in [-0.1, -0.05) is 12.5 Å². The van der Waals surface area contributed by atoms with E-state index in [9.17, 15) is 9.90 Å². The van der Waals surface area contributed by atoms with Crippen molar-refractivity contribution in [2.24, 2.45) is 0 Å². The van der Waals surface area contributed by atoms with E-state index in [-0.39, 0.29) is 17.7 Å². The molecule has 0 radical (unpaired) electrons. The molecule has 2 N–H and O–H groups in total. The van der Waals surface area contributed by atoms with Crippen molar-refractivity contribution in [1.82, 2.24) is 5.32 Å². The van der Waals surface area contributed by atoms with Crippen LogP contribution >= 0.6 is 0 Å². The number of carbonyl (C=O) groups is 1. The molecule has 0 saturated carbocycles. The highest BCUT2D eigenvalue weighted by Crippen LogP contribution is 2.26. The summed E-state index contributed by atoms with van der Waals surface area (Å²) in [5, 5.41) is 12.9. The lowest BCUT2D eigenvalue weighted by atomic mass is 10.0. The molecule has 0 bridgehead atoms. The molecule has 1 atom stereocenters. The summed E-state index contributed by atoms with van der Waals surface area (Å²) in [7, 11) is 0. The van der Waals surface area contributed by atoms with Crippen LogP contribution in [0.4, 0.5) is 5.69 Å². The van der Waals surface area contributed by atoms with Gasteiger partial charge in [-0.2, -0.15) is 0 Å². The first kappa shape index (κ1) is 13.9. The highest BCUT2D eigenvalue weighted by Gasteiger charge is 2.26. The second-order valence-corrected chi connectivity index (χ2v) is 5.06. The standard InChI is InChI=1S/C15H22N2O2/c1-3-17(14-10-12(18)8-7-11(14)2)15(19)13-6-4-5-9-16-13/h7-8,10,13,16,18H,3-6,9H2,1-2H3/t13-/m0/s1. The van der Waals surface area contributed by atoms with Crippen LogP contribution in [0.1, 0.15) is 31.7 Å². The zero-order valence-electron chi connectivity index (χ0n) is 11.6. The molecule has 1 amide bonds. The normalized spacial score (nSPS) is 19.2. The molecule has 1 heterocycles. The van der Waals surface area contributed by atoms with Crippen molar-refractivity contribution in [3.63, 3.8) is 0 Å². The van der Waals surface area contributed by atoms with Gasteiger partial charge in [0.2, 0.25) is 5.91 Å². The highest BCUT2D eigenvalue weighted by molar-refractivity contribution is 5.98. The molecular weight excluding hydrogens is 240 g/mol. The Balaban J connectivity index is 2.23. The van der Waals surface area contributed by atoms with Gasteiger partial charge < -0.3 is 15.3 Å². The minimum atomic E-state index is -0.0875. The van der Waals surface area contributed by atoms with Gasteiger partial charge in [0.15, 0.2) is 0 Å². The van der Waals surface area contributed by atoms with E-state index in [1.54, 1.807) is 17.0 Å². The van der Waals surface area contributed by atoms with Gasteiger partial charge in [0, 0.05) is 12.6 Å². The molecule has 1 aromatic rings. The van der Waals surface area contributed by atoms with E-state index < -0.39 is 0 Å². The lowest BCUT2D eigenvalue weighted by Crippen LogP contribution is -2.48. The maximum atomic E-state index is 12.6. The first-order valence-electron chi connectivity index (χ1n) is 6.98. The second-order valence-electron chi connectivity index (χ2n) is 5.06. The Morgan fingerprint density at radius 1 is 1.47 bits per heavy atom. The molecule has 2 rings (SSSR count). The summed E-state index contributed by atoms with van der Waals surface area (Å²) in [4.78, 5) is 14.3. The van der Waals surface area contributed by atoms with E-state index in [0.717, 1.165) is 37.1 Å². The third kappa shape index (κ3) is 3.07. The lowest BCUT2D eigenvalue weighted by molar-refractivity contribution is -0.121. The van der Waals surface area contributed by atoms with Crippen LogP contribution in [-0.2, 0) is 4.79 Å². The maximum absolute atomic E-state index is 12.6. The minimum Gasteiger partial charge on any atom is -0.508 e. The maximum Gasteiger partial charge on any atom is 0.244 e. The molecule has 0 spiro atoms. The second kappa shape index (κ2) is 6.06. The topological polar surface area (TPSA) is 52.6 Å². The number of nitrogens with zero attached hydrogens (tertiary/aromatic N) is 1. The number of likely N-dealkylation sites (N-methyl/N-ethyl adjacent to an activating group) is 1. The van der Waals surface area contributed by atoms with Crippen LogP contribution in [0, 0.1) is 6.92 Å². The van der Waals surface area contributed by atoms with Crippen molar-refractivity contribution in [3.05, 3.63) is 23.8 Å². The van der Waals surface area contributed by atoms with Crippen LogP contribution in [0.3, 0.4) is 0 Å². The number of anilines is 1. The molecule has 4 heteroatoms. The number of aryl methyl sites for hydroxylation is 1. The van der Waals surface area contributed by atoms with E-state index in [1.165, 1.54) is 0 Å². The average Bonchev–Trinajstić information content (AvgIpc) is 2.44. The van der Waals surface area contributed by atoms with Crippen LogP contribution < -0.4 is 10.2 Å². The molecule has 1 saturated heterocycles. The molecule has 0 unspecified atom stereocenters. The van der Waals surface area contributed by atoms with Crippen molar-refractivity contribution in [2.75, 3.05) is 18.0 Å². The number of benzene rings is 1. The van der Waals surface area contributed by atoms with Gasteiger partial charge in [0.25, 0.3) is 0 Å². The third-order valence-electron chi connectivity index (χ3n) is 3.67. The first-order chi connectivity index (χ1) is 9.13. The predicted molar refractivity (Wildman–Crippen MR) is 76.5 cm³/mol. The van der Waals surface area contributed by atoms with Crippen molar-refractivity contribution < 1.29 is 9.90 Å². The summed E-state index contributed by atoms with van der Waals surface area (Å²) >= 11 is 0. The number of rotatable bonds is 3. The summed E-state index contributed by atoms with van der Waals surface area (Å²) in [6, 6.07) is 5.07. The Kier molecular flexibility index (Phi) is 4.43. The van der Waals surface area contributed by atoms with Crippen LogP contribution in [-0.4, -0.2) is 30.1 Å². The summed E-state index contributed by atoms with van der Waals surface area (Å²) < 4.78 is 0. The monoisotopic (exact) mass is 262 g/mol. The van der Waals surface area contributed by atoms with Gasteiger partial charge >= 0.3 is 0 Å². The molecule has 1 aliphatic heterocycles.